The first kappa shape index (κ1) is 15.6. The summed E-state index contributed by atoms with van der Waals surface area (Å²) in [5.74, 6) is 0.849. The van der Waals surface area contributed by atoms with Gasteiger partial charge in [-0.1, -0.05) is 0 Å². The molecule has 1 fully saturated rings. The van der Waals surface area contributed by atoms with Gasteiger partial charge in [-0.25, -0.2) is 4.79 Å². The molecule has 3 aliphatic rings. The van der Waals surface area contributed by atoms with Crippen molar-refractivity contribution < 1.29 is 9.53 Å². The largest absolute Gasteiger partial charge is 0.444 e. The van der Waals surface area contributed by atoms with Crippen LogP contribution in [0.5, 0.6) is 0 Å². The second kappa shape index (κ2) is 5.30. The van der Waals surface area contributed by atoms with Crippen molar-refractivity contribution in [1.29, 1.82) is 0 Å². The van der Waals surface area contributed by atoms with Crippen LogP contribution in [0.2, 0.25) is 0 Å². The molecule has 3 aliphatic heterocycles. The third-order valence-corrected chi connectivity index (χ3v) is 5.38. The second-order valence-electron chi connectivity index (χ2n) is 8.42. The molecule has 0 radical (unpaired) electrons. The van der Waals surface area contributed by atoms with Gasteiger partial charge in [-0.2, -0.15) is 0 Å². The molecule has 24 heavy (non-hydrogen) atoms. The fourth-order valence-corrected chi connectivity index (χ4v) is 4.53. The average Bonchev–Trinajstić information content (AvgIpc) is 2.89. The fourth-order valence-electron chi connectivity index (χ4n) is 4.53. The maximum atomic E-state index is 12.5. The number of carbonyl (C=O) groups is 1. The Morgan fingerprint density at radius 3 is 2.79 bits per heavy atom. The van der Waals surface area contributed by atoms with Crippen molar-refractivity contribution in [3.8, 4) is 0 Å². The minimum absolute atomic E-state index is 0.191. The number of rotatable bonds is 0. The molecule has 2 N–H and O–H groups in total. The van der Waals surface area contributed by atoms with Crippen LogP contribution in [-0.4, -0.2) is 42.8 Å². The Balaban J connectivity index is 1.63. The first-order chi connectivity index (χ1) is 11.3. The van der Waals surface area contributed by atoms with Gasteiger partial charge in [0.1, 0.15) is 5.60 Å². The smallest absolute Gasteiger partial charge is 0.410 e. The minimum atomic E-state index is -0.449. The van der Waals surface area contributed by atoms with E-state index in [1.165, 1.54) is 23.2 Å². The van der Waals surface area contributed by atoms with Crippen molar-refractivity contribution in [3.63, 3.8) is 0 Å². The Hall–Kier alpha value is -1.91. The molecular formula is C19H27N3O2. The van der Waals surface area contributed by atoms with Gasteiger partial charge in [0.05, 0.1) is 0 Å². The summed E-state index contributed by atoms with van der Waals surface area (Å²) in [5.41, 5.74) is 10.7. The van der Waals surface area contributed by atoms with Crippen molar-refractivity contribution in [2.45, 2.75) is 45.1 Å². The van der Waals surface area contributed by atoms with E-state index in [2.05, 4.69) is 17.0 Å². The van der Waals surface area contributed by atoms with Gasteiger partial charge < -0.3 is 20.3 Å². The highest BCUT2D eigenvalue weighted by molar-refractivity contribution is 5.72. The lowest BCUT2D eigenvalue weighted by Gasteiger charge is -2.41. The maximum Gasteiger partial charge on any atom is 0.410 e. The van der Waals surface area contributed by atoms with E-state index in [0.717, 1.165) is 38.3 Å². The van der Waals surface area contributed by atoms with Gasteiger partial charge in [-0.15, -0.1) is 0 Å². The van der Waals surface area contributed by atoms with E-state index < -0.39 is 5.60 Å². The van der Waals surface area contributed by atoms with Crippen molar-refractivity contribution in [3.05, 3.63) is 23.3 Å². The molecule has 1 saturated heterocycles. The van der Waals surface area contributed by atoms with Crippen LogP contribution in [0, 0.1) is 5.92 Å². The molecule has 1 aromatic carbocycles. The average molecular weight is 329 g/mol. The highest BCUT2D eigenvalue weighted by Gasteiger charge is 2.44. The van der Waals surface area contributed by atoms with Gasteiger partial charge in [-0.3, -0.25) is 0 Å². The third kappa shape index (κ3) is 2.60. The molecule has 0 spiro atoms. The Kier molecular flexibility index (Phi) is 3.44. The molecule has 4 rings (SSSR count). The minimum Gasteiger partial charge on any atom is -0.444 e. The summed E-state index contributed by atoms with van der Waals surface area (Å²) >= 11 is 0. The van der Waals surface area contributed by atoms with E-state index in [4.69, 9.17) is 10.5 Å². The number of fused-ring (bicyclic) bond motifs is 2. The summed E-state index contributed by atoms with van der Waals surface area (Å²) in [4.78, 5) is 16.9. The molecule has 0 aromatic heterocycles. The zero-order valence-electron chi connectivity index (χ0n) is 14.8. The Labute approximate surface area is 143 Å². The quantitative estimate of drug-likeness (QED) is 0.744. The van der Waals surface area contributed by atoms with E-state index in [1.807, 2.05) is 25.7 Å². The monoisotopic (exact) mass is 329 g/mol. The maximum absolute atomic E-state index is 12.5. The number of benzene rings is 1. The van der Waals surface area contributed by atoms with Gasteiger partial charge in [0.25, 0.3) is 0 Å². The highest BCUT2D eigenvalue weighted by Crippen LogP contribution is 2.47. The van der Waals surface area contributed by atoms with Crippen molar-refractivity contribution in [2.24, 2.45) is 5.92 Å². The highest BCUT2D eigenvalue weighted by atomic mass is 16.6. The van der Waals surface area contributed by atoms with Crippen LogP contribution < -0.4 is 10.6 Å². The van der Waals surface area contributed by atoms with Crippen LogP contribution in [0.1, 0.15) is 44.2 Å². The molecule has 1 aromatic rings. The topological polar surface area (TPSA) is 58.8 Å². The number of carbonyl (C=O) groups excluding carboxylic acids is 1. The summed E-state index contributed by atoms with van der Waals surface area (Å²) in [7, 11) is 0. The summed E-state index contributed by atoms with van der Waals surface area (Å²) in [6.07, 6.45) is 2.10. The molecule has 0 aliphatic carbocycles. The molecule has 5 nitrogen and oxygen atoms in total. The van der Waals surface area contributed by atoms with Gasteiger partial charge in [0.2, 0.25) is 0 Å². The number of likely N-dealkylation sites (tertiary alicyclic amines) is 1. The Morgan fingerprint density at radius 2 is 2.04 bits per heavy atom. The van der Waals surface area contributed by atoms with E-state index in [-0.39, 0.29) is 6.09 Å². The zero-order chi connectivity index (χ0) is 17.1. The molecule has 0 bridgehead atoms. The van der Waals surface area contributed by atoms with E-state index >= 15 is 0 Å². The normalized spacial score (nSPS) is 25.3. The zero-order valence-corrected chi connectivity index (χ0v) is 14.8. The third-order valence-electron chi connectivity index (χ3n) is 5.38. The number of nitrogens with zero attached hydrogens (tertiary/aromatic N) is 2. The van der Waals surface area contributed by atoms with Gasteiger partial charge in [0, 0.05) is 49.4 Å². The predicted octanol–water partition coefficient (Wildman–Crippen LogP) is 2.99. The summed E-state index contributed by atoms with van der Waals surface area (Å²) < 4.78 is 5.58. The number of aryl methyl sites for hydroxylation is 1. The SMILES string of the molecule is CC(C)(C)OC(=O)N1C[C@@H]2CN3CCCc4cc(N)cc(c43)[C@@H]2C1. The number of anilines is 2. The summed E-state index contributed by atoms with van der Waals surface area (Å²) in [5, 5.41) is 0. The first-order valence-electron chi connectivity index (χ1n) is 8.97. The van der Waals surface area contributed by atoms with E-state index in [0.29, 0.717) is 11.8 Å². The number of ether oxygens (including phenoxy) is 1. The molecule has 5 heteroatoms. The van der Waals surface area contributed by atoms with Gasteiger partial charge in [-0.05, 0) is 56.9 Å². The molecule has 3 heterocycles. The number of nitrogens with two attached hydrogens (primary N) is 1. The summed E-state index contributed by atoms with van der Waals surface area (Å²) in [6.45, 7) is 9.41. The number of nitrogen functional groups attached to an aromatic ring is 1. The van der Waals surface area contributed by atoms with Gasteiger partial charge >= 0.3 is 6.09 Å². The molecule has 0 unspecified atom stereocenters. The molecule has 0 saturated carbocycles. The van der Waals surface area contributed by atoms with E-state index in [9.17, 15) is 4.79 Å². The summed E-state index contributed by atoms with van der Waals surface area (Å²) in [6, 6.07) is 4.26. The lowest BCUT2D eigenvalue weighted by molar-refractivity contribution is 0.0287. The lowest BCUT2D eigenvalue weighted by atomic mass is 9.80. The molecule has 2 atom stereocenters. The van der Waals surface area contributed by atoms with Crippen LogP contribution in [-0.2, 0) is 11.2 Å². The second-order valence-corrected chi connectivity index (χ2v) is 8.42. The van der Waals surface area contributed by atoms with Crippen LogP contribution in [0.4, 0.5) is 16.2 Å². The molecule has 130 valence electrons. The Bertz CT molecular complexity index is 680. The lowest BCUT2D eigenvalue weighted by Crippen LogP contribution is -2.41. The molecular weight excluding hydrogens is 302 g/mol. The van der Waals surface area contributed by atoms with Crippen LogP contribution >= 0.6 is 0 Å². The predicted molar refractivity (Wildman–Crippen MR) is 95.4 cm³/mol. The number of hydrogen-bond acceptors (Lipinski definition) is 4. The Morgan fingerprint density at radius 1 is 1.25 bits per heavy atom. The standard InChI is InChI=1S/C19H27N3O2/c1-19(2,3)24-18(23)22-10-13-9-21-6-4-5-12-7-14(20)8-15(17(12)21)16(13)11-22/h7-8,13,16H,4-6,9-11,20H2,1-3H3/t13-,16+/m0/s1. The van der Waals surface area contributed by atoms with Crippen LogP contribution in [0.3, 0.4) is 0 Å². The molecule has 1 amide bonds. The van der Waals surface area contributed by atoms with Gasteiger partial charge in [0.15, 0.2) is 0 Å². The van der Waals surface area contributed by atoms with Crippen molar-refractivity contribution in [2.75, 3.05) is 36.8 Å². The first-order valence-corrected chi connectivity index (χ1v) is 8.97. The van der Waals surface area contributed by atoms with Crippen molar-refractivity contribution in [1.82, 2.24) is 4.90 Å². The number of amides is 1. The fraction of sp³-hybridized carbons (Fsp3) is 0.632. The van der Waals surface area contributed by atoms with Crippen LogP contribution in [0.15, 0.2) is 12.1 Å². The van der Waals surface area contributed by atoms with Crippen molar-refractivity contribution >= 4 is 17.5 Å². The van der Waals surface area contributed by atoms with E-state index in [1.54, 1.807) is 0 Å². The number of hydrogen-bond donors (Lipinski definition) is 1. The van der Waals surface area contributed by atoms with Crippen LogP contribution in [0.25, 0.3) is 0 Å².